The number of imidazole rings is 2. The van der Waals surface area contributed by atoms with Gasteiger partial charge in [0.1, 0.15) is 52.2 Å². The molecule has 0 unspecified atom stereocenters. The summed E-state index contributed by atoms with van der Waals surface area (Å²) in [5.74, 6) is -3.90. The second-order valence-corrected chi connectivity index (χ2v) is 30.8. The van der Waals surface area contributed by atoms with Crippen LogP contribution in [0.15, 0.2) is 109 Å². The number of halogens is 4. The number of amides is 10. The van der Waals surface area contributed by atoms with Crippen LogP contribution in [0, 0.1) is 24.7 Å². The van der Waals surface area contributed by atoms with E-state index in [9.17, 15) is 61.1 Å². The first-order chi connectivity index (χ1) is 60.3. The Labute approximate surface area is 733 Å². The summed E-state index contributed by atoms with van der Waals surface area (Å²) in [6.07, 6.45) is 4.51. The minimum absolute atomic E-state index is 0.00954. The van der Waals surface area contributed by atoms with E-state index in [2.05, 4.69) is 63.1 Å². The molecule has 10 amide bonds. The van der Waals surface area contributed by atoms with Crippen LogP contribution in [0.3, 0.4) is 0 Å². The Morgan fingerprint density at radius 2 is 0.992 bits per heavy atom. The lowest BCUT2D eigenvalue weighted by molar-refractivity contribution is -0.146. The summed E-state index contributed by atoms with van der Waals surface area (Å²) in [5, 5.41) is 45.9. The molecule has 9 rings (SSSR count). The zero-order chi connectivity index (χ0) is 91.0. The van der Waals surface area contributed by atoms with E-state index in [0.29, 0.717) is 79.1 Å². The molecule has 0 saturated carbocycles. The van der Waals surface area contributed by atoms with Crippen molar-refractivity contribution in [1.29, 1.82) is 10.8 Å². The number of ether oxygens (including phenoxy) is 6. The van der Waals surface area contributed by atoms with E-state index in [4.69, 9.17) is 55.8 Å². The van der Waals surface area contributed by atoms with E-state index in [1.54, 1.807) is 100 Å². The van der Waals surface area contributed by atoms with Gasteiger partial charge in [0, 0.05) is 171 Å². The van der Waals surface area contributed by atoms with Gasteiger partial charge in [-0.05, 0) is 93.8 Å². The topological polar surface area (TPSA) is 463 Å². The fourth-order valence-corrected chi connectivity index (χ4v) is 14.2. The first kappa shape index (κ1) is 97.4. The second kappa shape index (κ2) is 48.1. The highest BCUT2D eigenvalue weighted by Crippen LogP contribution is 2.40. The number of carbonyl (C=O) groups is 10. The highest BCUT2D eigenvalue weighted by atomic mass is 35.5. The van der Waals surface area contributed by atoms with Crippen molar-refractivity contribution in [1.82, 2.24) is 64.3 Å². The van der Waals surface area contributed by atoms with Crippen LogP contribution in [-0.4, -0.2) is 251 Å². The average molecular weight is 1790 g/mol. The molecule has 0 spiro atoms. The zero-order valence-corrected chi connectivity index (χ0v) is 72.8. The molecule has 0 aliphatic carbocycles. The van der Waals surface area contributed by atoms with Gasteiger partial charge < -0.3 is 104 Å². The molecule has 1 aliphatic heterocycles. The molecule has 1 atom stereocenters. The Hall–Kier alpha value is -12.5. The number of aromatic nitrogens is 7. The van der Waals surface area contributed by atoms with E-state index in [1.165, 1.54) is 77.5 Å². The molecule has 8 aromatic rings. The molecule has 0 radical (unpaired) electrons. The van der Waals surface area contributed by atoms with Crippen molar-refractivity contribution in [3.8, 4) is 5.75 Å². The largest absolute Gasteiger partial charge is 0.491 e. The molecule has 678 valence electrons. The van der Waals surface area contributed by atoms with Crippen molar-refractivity contribution in [2.45, 2.75) is 77.9 Å². The van der Waals surface area contributed by atoms with Crippen molar-refractivity contribution >= 4 is 133 Å². The maximum atomic E-state index is 13.5. The van der Waals surface area contributed by atoms with E-state index in [-0.39, 0.29) is 187 Å². The van der Waals surface area contributed by atoms with E-state index < -0.39 is 66.0 Å². The standard InChI is InChI=1S/C83H106ClF3N22O16S/c1-52-53(2)126-82-72(52)73(55-11-13-56(84)14-12-55)100-62(74(89)109(82)54(3)88)46-71(114)96-57-15-17-61(18-16-57)125-42-41-124-40-39-123-38-37-122-36-35-121-34-33-120-32-22-68(111)91-24-10-30-108(51-83(85,86)87)29-9-23-90-67(110)19-25-93-77(115)63-43-58(47-104(63)5)97-69(112)20-26-94-78(116)65-45-60(49-106(65)7)99-81(119)76-102-66(50-107(76)8)101-70(113)21-27-95-79(117)64-44-59(48-105(64)6)98-80(118)75-92-28-31-103(75)4/h11-18,28,31,43-45,47-50,62,88-89H,9-10,19-27,29-30,32-42,46,51H2,1-8H3,(H,90,110)(H,91,111)(H,93,115)(H,94,116)(H,95,117)(H,96,114)(H,97,112)(H,98,118)(H,99,119)(H,101,113)/t62-/m0/s1. The van der Waals surface area contributed by atoms with Crippen molar-refractivity contribution in [2.75, 3.05) is 157 Å². The van der Waals surface area contributed by atoms with Crippen molar-refractivity contribution in [3.05, 3.63) is 159 Å². The van der Waals surface area contributed by atoms with E-state index >= 15 is 0 Å². The number of carbonyl (C=O) groups excluding carboxylic acids is 10. The van der Waals surface area contributed by atoms with Gasteiger partial charge in [-0.2, -0.15) is 13.2 Å². The van der Waals surface area contributed by atoms with E-state index in [1.807, 2.05) is 26.0 Å². The third-order valence-electron chi connectivity index (χ3n) is 19.2. The van der Waals surface area contributed by atoms with Gasteiger partial charge in [0.15, 0.2) is 11.6 Å². The third-order valence-corrected chi connectivity index (χ3v) is 20.7. The Morgan fingerprint density at radius 1 is 0.524 bits per heavy atom. The zero-order valence-electron chi connectivity index (χ0n) is 71.2. The quantitative estimate of drug-likeness (QED) is 0.0103. The lowest BCUT2D eigenvalue weighted by Crippen LogP contribution is -2.41. The molecule has 43 heteroatoms. The summed E-state index contributed by atoms with van der Waals surface area (Å²) in [6.45, 7) is 7.67. The minimum atomic E-state index is -4.48. The van der Waals surface area contributed by atoms with Crippen molar-refractivity contribution in [3.63, 3.8) is 0 Å². The van der Waals surface area contributed by atoms with Crippen LogP contribution in [0.2, 0.25) is 5.02 Å². The Kier molecular flexibility index (Phi) is 37.2. The highest BCUT2D eigenvalue weighted by Gasteiger charge is 2.36. The van der Waals surface area contributed by atoms with Crippen LogP contribution in [0.1, 0.15) is 126 Å². The SMILES string of the molecule is CC(=N)N1C(=N)[C@H](CC(=O)Nc2ccc(OCCOCCOCCOCCOCCOCCC(=O)NCCCN(CCCNC(=O)CCNC(=O)c3cc(NC(=O)CCNC(=O)c4cc(NC(=O)c5nc(NC(=O)CCNC(=O)c6cc(NC(=O)c7nccn7C)cn6C)cn5C)cn4C)cn3C)CC(F)(F)F)cc2)N=C(c2ccc(Cl)cc2)c2c1sc(C)c2C. The number of anilines is 6. The molecular formula is C83H106ClF3N22O16S. The molecular weight excluding hydrogens is 1690 g/mol. The minimum Gasteiger partial charge on any atom is -0.491 e. The molecule has 12 N–H and O–H groups in total. The number of alkyl halides is 3. The van der Waals surface area contributed by atoms with Gasteiger partial charge in [-0.3, -0.25) is 73.6 Å². The molecule has 0 fully saturated rings. The van der Waals surface area contributed by atoms with Crippen molar-refractivity contribution < 1.29 is 89.5 Å². The van der Waals surface area contributed by atoms with Gasteiger partial charge in [0.2, 0.25) is 35.4 Å². The fourth-order valence-electron chi connectivity index (χ4n) is 12.9. The summed E-state index contributed by atoms with van der Waals surface area (Å²) in [6, 6.07) is 17.6. The summed E-state index contributed by atoms with van der Waals surface area (Å²) < 4.78 is 81.4. The number of hydrogen-bond donors (Lipinski definition) is 12. The molecule has 2 aromatic carbocycles. The van der Waals surface area contributed by atoms with Gasteiger partial charge >= 0.3 is 6.18 Å². The maximum Gasteiger partial charge on any atom is 0.401 e. The lowest BCUT2D eigenvalue weighted by atomic mass is 9.99. The van der Waals surface area contributed by atoms with Gasteiger partial charge in [0.25, 0.3) is 29.5 Å². The van der Waals surface area contributed by atoms with Crippen LogP contribution < -0.4 is 62.8 Å². The first-order valence-corrected chi connectivity index (χ1v) is 41.7. The van der Waals surface area contributed by atoms with Crippen LogP contribution in [0.4, 0.5) is 46.7 Å². The predicted molar refractivity (Wildman–Crippen MR) is 467 cm³/mol. The monoisotopic (exact) mass is 1790 g/mol. The fraction of sp³-hybridized carbons (Fsp3) is 0.434. The van der Waals surface area contributed by atoms with Gasteiger partial charge in [-0.15, -0.1) is 11.3 Å². The predicted octanol–water partition coefficient (Wildman–Crippen LogP) is 7.10. The number of aliphatic imine (C=N–C) groups is 1. The number of aryl methyl sites for hydroxylation is 6. The number of fused-ring (bicyclic) bond motifs is 1. The molecule has 126 heavy (non-hydrogen) atoms. The number of thiophene rings is 1. The average Bonchev–Trinajstić information content (AvgIpc) is 1.60. The summed E-state index contributed by atoms with van der Waals surface area (Å²) in [7, 11) is 7.99. The number of benzene rings is 2. The van der Waals surface area contributed by atoms with E-state index in [0.717, 1.165) is 21.6 Å². The number of amidine groups is 2. The Morgan fingerprint density at radius 3 is 1.49 bits per heavy atom. The smallest absolute Gasteiger partial charge is 0.401 e. The normalized spacial score (nSPS) is 12.5. The number of rotatable bonds is 50. The third kappa shape index (κ3) is 30.5. The number of hydrogen-bond acceptors (Lipinski definition) is 23. The lowest BCUT2D eigenvalue weighted by Gasteiger charge is -2.24. The highest BCUT2D eigenvalue weighted by molar-refractivity contribution is 7.17. The summed E-state index contributed by atoms with van der Waals surface area (Å²) in [5.41, 5.74) is 5.19. The molecule has 6 aromatic heterocycles. The van der Waals surface area contributed by atoms with Gasteiger partial charge in [0.05, 0.1) is 102 Å². The van der Waals surface area contributed by atoms with Crippen LogP contribution in [0.25, 0.3) is 0 Å². The van der Waals surface area contributed by atoms with Crippen LogP contribution >= 0.6 is 22.9 Å². The van der Waals surface area contributed by atoms with Gasteiger partial charge in [-0.25, -0.2) is 9.97 Å². The Bertz CT molecular complexity index is 5150. The first-order valence-electron chi connectivity index (χ1n) is 40.5. The molecule has 1 aliphatic rings. The Balaban J connectivity index is 0.537. The molecule has 38 nitrogen and oxygen atoms in total. The van der Waals surface area contributed by atoms with Gasteiger partial charge in [-0.1, -0.05) is 23.7 Å². The summed E-state index contributed by atoms with van der Waals surface area (Å²) >= 11 is 7.71. The van der Waals surface area contributed by atoms with Crippen LogP contribution in [0.5, 0.6) is 5.75 Å². The second-order valence-electron chi connectivity index (χ2n) is 29.1. The van der Waals surface area contributed by atoms with Crippen molar-refractivity contribution in [2.24, 2.45) is 40.2 Å². The molecule has 0 bridgehead atoms. The van der Waals surface area contributed by atoms with Crippen LogP contribution in [-0.2, 0) is 82.9 Å². The molecule has 0 saturated heterocycles. The summed E-state index contributed by atoms with van der Waals surface area (Å²) in [4.78, 5) is 146. The number of nitrogens with one attached hydrogen (secondary N) is 12. The molecule has 7 heterocycles. The maximum absolute atomic E-state index is 13.5. The number of nitrogens with zero attached hydrogens (tertiary/aromatic N) is 10.